The van der Waals surface area contributed by atoms with Crippen LogP contribution in [-0.2, 0) is 13.0 Å². The molecule has 0 spiro atoms. The van der Waals surface area contributed by atoms with Gasteiger partial charge in [-0.25, -0.2) is 4.79 Å². The second-order valence-corrected chi connectivity index (χ2v) is 5.53. The molecule has 1 atom stereocenters. The van der Waals surface area contributed by atoms with Gasteiger partial charge in [-0.15, -0.1) is 0 Å². The van der Waals surface area contributed by atoms with Crippen LogP contribution in [0.2, 0.25) is 0 Å². The maximum Gasteiger partial charge on any atom is 0.322 e. The molecule has 21 heavy (non-hydrogen) atoms. The number of aryl methyl sites for hydroxylation is 1. The molecule has 3 heteroatoms. The number of hydrogen-bond donors (Lipinski definition) is 1. The van der Waals surface area contributed by atoms with Gasteiger partial charge in [-0.3, -0.25) is 4.90 Å². The number of fused-ring (bicyclic) bond motifs is 1. The van der Waals surface area contributed by atoms with Crippen LogP contribution in [0.15, 0.2) is 54.6 Å². The summed E-state index contributed by atoms with van der Waals surface area (Å²) < 4.78 is 0. The largest absolute Gasteiger partial charge is 0.334 e. The van der Waals surface area contributed by atoms with Crippen LogP contribution >= 0.6 is 0 Å². The van der Waals surface area contributed by atoms with Crippen molar-refractivity contribution in [1.29, 1.82) is 0 Å². The third-order valence-corrected chi connectivity index (χ3v) is 4.03. The summed E-state index contributed by atoms with van der Waals surface area (Å²) in [5.74, 6) is 0. The molecule has 0 aromatic heterocycles. The molecule has 2 amide bonds. The van der Waals surface area contributed by atoms with Gasteiger partial charge in [-0.1, -0.05) is 48.5 Å². The molecule has 3 nitrogen and oxygen atoms in total. The van der Waals surface area contributed by atoms with Crippen LogP contribution in [0.3, 0.4) is 0 Å². The normalized spacial score (nSPS) is 17.2. The van der Waals surface area contributed by atoms with Crippen molar-refractivity contribution in [3.05, 3.63) is 65.7 Å². The average molecular weight is 280 g/mol. The smallest absolute Gasteiger partial charge is 0.322 e. The lowest BCUT2D eigenvalue weighted by Gasteiger charge is -2.35. The van der Waals surface area contributed by atoms with E-state index in [2.05, 4.69) is 18.3 Å². The van der Waals surface area contributed by atoms with Gasteiger partial charge in [0.25, 0.3) is 0 Å². The Morgan fingerprint density at radius 1 is 1.14 bits per heavy atom. The number of para-hydroxylation sites is 1. The average Bonchev–Trinajstić information content (AvgIpc) is 2.53. The van der Waals surface area contributed by atoms with Crippen molar-refractivity contribution in [2.45, 2.75) is 32.4 Å². The van der Waals surface area contributed by atoms with E-state index in [1.807, 2.05) is 53.4 Å². The topological polar surface area (TPSA) is 32.3 Å². The Kier molecular flexibility index (Phi) is 3.91. The van der Waals surface area contributed by atoms with Gasteiger partial charge in [0.15, 0.2) is 0 Å². The number of hydrogen-bond acceptors (Lipinski definition) is 1. The molecule has 2 aromatic rings. The maximum absolute atomic E-state index is 12.6. The first-order valence-electron chi connectivity index (χ1n) is 7.44. The summed E-state index contributed by atoms with van der Waals surface area (Å²) in [6.45, 7) is 2.67. The van der Waals surface area contributed by atoms with E-state index >= 15 is 0 Å². The van der Waals surface area contributed by atoms with Crippen LogP contribution in [0.5, 0.6) is 0 Å². The summed E-state index contributed by atoms with van der Waals surface area (Å²) in [5.41, 5.74) is 3.41. The first-order chi connectivity index (χ1) is 10.3. The third-order valence-electron chi connectivity index (χ3n) is 4.03. The molecule has 3 rings (SSSR count). The minimum Gasteiger partial charge on any atom is -0.334 e. The Hall–Kier alpha value is -2.29. The van der Waals surface area contributed by atoms with Crippen LogP contribution < -0.4 is 10.2 Å². The zero-order valence-electron chi connectivity index (χ0n) is 12.3. The molecule has 0 fully saturated rings. The molecule has 108 valence electrons. The molecule has 1 N–H and O–H groups in total. The van der Waals surface area contributed by atoms with E-state index in [1.165, 1.54) is 5.56 Å². The number of urea groups is 1. The van der Waals surface area contributed by atoms with Gasteiger partial charge in [0.1, 0.15) is 0 Å². The highest BCUT2D eigenvalue weighted by Crippen LogP contribution is 2.30. The van der Waals surface area contributed by atoms with Crippen LogP contribution in [0.4, 0.5) is 10.5 Å². The van der Waals surface area contributed by atoms with E-state index in [9.17, 15) is 4.79 Å². The van der Waals surface area contributed by atoms with Gasteiger partial charge in [-0.05, 0) is 37.0 Å². The number of nitrogens with zero attached hydrogens (tertiary/aromatic N) is 1. The summed E-state index contributed by atoms with van der Waals surface area (Å²) in [6, 6.07) is 18.4. The predicted octanol–water partition coefficient (Wildman–Crippen LogP) is 3.74. The van der Waals surface area contributed by atoms with Gasteiger partial charge >= 0.3 is 6.03 Å². The summed E-state index contributed by atoms with van der Waals surface area (Å²) >= 11 is 0. The lowest BCUT2D eigenvalue weighted by molar-refractivity contribution is 0.243. The van der Waals surface area contributed by atoms with Crippen molar-refractivity contribution >= 4 is 11.7 Å². The molecule has 0 aliphatic carbocycles. The quantitative estimate of drug-likeness (QED) is 0.893. The predicted molar refractivity (Wildman–Crippen MR) is 85.4 cm³/mol. The van der Waals surface area contributed by atoms with Crippen molar-refractivity contribution in [2.24, 2.45) is 0 Å². The maximum atomic E-state index is 12.6. The lowest BCUT2D eigenvalue weighted by Crippen LogP contribution is -2.47. The molecule has 1 aliphatic rings. The van der Waals surface area contributed by atoms with Gasteiger partial charge < -0.3 is 5.32 Å². The highest BCUT2D eigenvalue weighted by atomic mass is 16.2. The van der Waals surface area contributed by atoms with Crippen molar-refractivity contribution < 1.29 is 4.79 Å². The Morgan fingerprint density at radius 3 is 2.67 bits per heavy atom. The number of carbonyl (C=O) groups is 1. The Morgan fingerprint density at radius 2 is 1.86 bits per heavy atom. The molecule has 1 heterocycles. The van der Waals surface area contributed by atoms with E-state index in [0.29, 0.717) is 6.54 Å². The van der Waals surface area contributed by atoms with E-state index in [0.717, 1.165) is 24.1 Å². The van der Waals surface area contributed by atoms with E-state index < -0.39 is 0 Å². The second-order valence-electron chi connectivity index (χ2n) is 5.53. The van der Waals surface area contributed by atoms with Crippen molar-refractivity contribution in [3.8, 4) is 0 Å². The molecular formula is C18H20N2O. The lowest BCUT2D eigenvalue weighted by atomic mass is 9.97. The number of nitrogens with one attached hydrogen (secondary N) is 1. The highest BCUT2D eigenvalue weighted by molar-refractivity contribution is 5.93. The monoisotopic (exact) mass is 280 g/mol. The fourth-order valence-corrected chi connectivity index (χ4v) is 2.86. The number of amides is 2. The van der Waals surface area contributed by atoms with E-state index in [1.54, 1.807) is 0 Å². The Labute approximate surface area is 125 Å². The molecule has 1 unspecified atom stereocenters. The molecule has 1 aliphatic heterocycles. The molecular weight excluding hydrogens is 260 g/mol. The Bertz CT molecular complexity index is 624. The van der Waals surface area contributed by atoms with Crippen LogP contribution in [0.25, 0.3) is 0 Å². The van der Waals surface area contributed by atoms with Crippen LogP contribution in [0, 0.1) is 0 Å². The number of anilines is 1. The van der Waals surface area contributed by atoms with Gasteiger partial charge in [0.05, 0.1) is 0 Å². The Balaban J connectivity index is 1.75. The number of rotatable bonds is 2. The number of carbonyl (C=O) groups excluding carboxylic acids is 1. The van der Waals surface area contributed by atoms with E-state index in [-0.39, 0.29) is 12.1 Å². The SMILES string of the molecule is CC1CCc2ccccc2N1C(=O)NCc1ccccc1. The summed E-state index contributed by atoms with van der Waals surface area (Å²) in [6.07, 6.45) is 2.05. The van der Waals surface area contributed by atoms with Crippen molar-refractivity contribution in [1.82, 2.24) is 5.32 Å². The van der Waals surface area contributed by atoms with E-state index in [4.69, 9.17) is 0 Å². The molecule has 0 radical (unpaired) electrons. The van der Waals surface area contributed by atoms with Crippen molar-refractivity contribution in [2.75, 3.05) is 4.90 Å². The van der Waals surface area contributed by atoms with Crippen LogP contribution in [-0.4, -0.2) is 12.1 Å². The van der Waals surface area contributed by atoms with Crippen LogP contribution in [0.1, 0.15) is 24.5 Å². The minimum absolute atomic E-state index is 0.0153. The summed E-state index contributed by atoms with van der Waals surface area (Å²) in [4.78, 5) is 14.5. The summed E-state index contributed by atoms with van der Waals surface area (Å²) in [7, 11) is 0. The first kappa shape index (κ1) is 13.7. The minimum atomic E-state index is -0.0153. The third kappa shape index (κ3) is 2.92. The molecule has 0 saturated heterocycles. The van der Waals surface area contributed by atoms with Gasteiger partial charge in [-0.2, -0.15) is 0 Å². The summed E-state index contributed by atoms with van der Waals surface area (Å²) in [5, 5.41) is 3.03. The fraction of sp³-hybridized carbons (Fsp3) is 0.278. The zero-order valence-corrected chi connectivity index (χ0v) is 12.3. The highest BCUT2D eigenvalue weighted by Gasteiger charge is 2.27. The molecule has 0 bridgehead atoms. The van der Waals surface area contributed by atoms with Crippen molar-refractivity contribution in [3.63, 3.8) is 0 Å². The second kappa shape index (κ2) is 6.00. The molecule has 0 saturated carbocycles. The van der Waals surface area contributed by atoms with Gasteiger partial charge in [0.2, 0.25) is 0 Å². The fourth-order valence-electron chi connectivity index (χ4n) is 2.86. The first-order valence-corrected chi connectivity index (χ1v) is 7.44. The van der Waals surface area contributed by atoms with Gasteiger partial charge in [0, 0.05) is 18.3 Å². The number of benzene rings is 2. The standard InChI is InChI=1S/C18H20N2O/c1-14-11-12-16-9-5-6-10-17(16)20(14)18(21)19-13-15-7-3-2-4-8-15/h2-10,14H,11-13H2,1H3,(H,19,21). The zero-order chi connectivity index (χ0) is 14.7. The molecule has 2 aromatic carbocycles.